The van der Waals surface area contributed by atoms with E-state index in [1.54, 1.807) is 0 Å². The summed E-state index contributed by atoms with van der Waals surface area (Å²) >= 11 is 0. The summed E-state index contributed by atoms with van der Waals surface area (Å²) in [6.45, 7) is 9.43. The summed E-state index contributed by atoms with van der Waals surface area (Å²) in [6.07, 6.45) is 4.32. The third kappa shape index (κ3) is 3.21. The number of hydrogen-bond donors (Lipinski definition) is 1. The van der Waals surface area contributed by atoms with Crippen LogP contribution in [-0.4, -0.2) is 30.6 Å². The summed E-state index contributed by atoms with van der Waals surface area (Å²) in [5.74, 6) is 0. The Morgan fingerprint density at radius 1 is 1.39 bits per heavy atom. The average molecular weight is 244 g/mol. The van der Waals surface area contributed by atoms with Crippen LogP contribution in [0.1, 0.15) is 31.4 Å². The van der Waals surface area contributed by atoms with E-state index < -0.39 is 0 Å². The fourth-order valence-corrected chi connectivity index (χ4v) is 2.70. The molecule has 0 amide bonds. The molecule has 2 atom stereocenters. The van der Waals surface area contributed by atoms with Crippen LogP contribution in [0, 0.1) is 0 Å². The van der Waals surface area contributed by atoms with E-state index in [9.17, 15) is 0 Å². The highest BCUT2D eigenvalue weighted by atomic mass is 15.2. The molecule has 2 nitrogen and oxygen atoms in total. The van der Waals surface area contributed by atoms with E-state index in [-0.39, 0.29) is 0 Å². The number of hydrogen-bond acceptors (Lipinski definition) is 2. The molecule has 0 spiro atoms. The van der Waals surface area contributed by atoms with Gasteiger partial charge in [-0.25, -0.2) is 0 Å². The first-order chi connectivity index (χ1) is 8.85. The zero-order valence-electron chi connectivity index (χ0n) is 11.3. The molecule has 1 fully saturated rings. The first-order valence-corrected chi connectivity index (χ1v) is 6.98. The summed E-state index contributed by atoms with van der Waals surface area (Å²) in [7, 11) is 0. The summed E-state index contributed by atoms with van der Waals surface area (Å²) in [5, 5.41) is 3.68. The van der Waals surface area contributed by atoms with Crippen LogP contribution < -0.4 is 5.32 Å². The molecule has 0 aromatic heterocycles. The number of rotatable bonds is 5. The van der Waals surface area contributed by atoms with Crippen molar-refractivity contribution in [2.75, 3.05) is 19.6 Å². The van der Waals surface area contributed by atoms with Crippen molar-refractivity contribution >= 4 is 0 Å². The molecule has 1 aliphatic heterocycles. The van der Waals surface area contributed by atoms with E-state index in [1.165, 1.54) is 12.0 Å². The van der Waals surface area contributed by atoms with Crippen LogP contribution in [0.3, 0.4) is 0 Å². The SMILES string of the molecule is C=CCCN1CC(c2ccccc2)NCC1CC. The molecule has 2 unspecified atom stereocenters. The van der Waals surface area contributed by atoms with Gasteiger partial charge in [-0.15, -0.1) is 6.58 Å². The van der Waals surface area contributed by atoms with E-state index in [1.807, 2.05) is 6.08 Å². The molecule has 1 heterocycles. The van der Waals surface area contributed by atoms with Crippen LogP contribution in [0.5, 0.6) is 0 Å². The molecule has 98 valence electrons. The van der Waals surface area contributed by atoms with Crippen molar-refractivity contribution < 1.29 is 0 Å². The normalized spacial score (nSPS) is 24.9. The largest absolute Gasteiger partial charge is 0.307 e. The molecular formula is C16H24N2. The molecule has 1 N–H and O–H groups in total. The maximum atomic E-state index is 3.83. The summed E-state index contributed by atoms with van der Waals surface area (Å²) in [5.41, 5.74) is 1.40. The van der Waals surface area contributed by atoms with Gasteiger partial charge in [0, 0.05) is 31.7 Å². The van der Waals surface area contributed by atoms with Gasteiger partial charge in [-0.05, 0) is 18.4 Å². The van der Waals surface area contributed by atoms with Gasteiger partial charge in [0.15, 0.2) is 0 Å². The molecule has 0 aliphatic carbocycles. The number of benzene rings is 1. The number of piperazine rings is 1. The van der Waals surface area contributed by atoms with Crippen molar-refractivity contribution in [1.82, 2.24) is 10.2 Å². The minimum Gasteiger partial charge on any atom is -0.307 e. The minimum absolute atomic E-state index is 0.471. The lowest BCUT2D eigenvalue weighted by Crippen LogP contribution is -2.52. The zero-order chi connectivity index (χ0) is 12.8. The van der Waals surface area contributed by atoms with Crippen LogP contribution in [0.4, 0.5) is 0 Å². The van der Waals surface area contributed by atoms with Gasteiger partial charge < -0.3 is 5.32 Å². The predicted molar refractivity (Wildman–Crippen MR) is 77.7 cm³/mol. The fourth-order valence-electron chi connectivity index (χ4n) is 2.70. The summed E-state index contributed by atoms with van der Waals surface area (Å²) in [6, 6.07) is 11.9. The van der Waals surface area contributed by atoms with Crippen LogP contribution in [0.2, 0.25) is 0 Å². The summed E-state index contributed by atoms with van der Waals surface area (Å²) in [4.78, 5) is 2.61. The lowest BCUT2D eigenvalue weighted by molar-refractivity contribution is 0.129. The van der Waals surface area contributed by atoms with Gasteiger partial charge in [0.25, 0.3) is 0 Å². The maximum absolute atomic E-state index is 3.83. The minimum atomic E-state index is 0.471. The molecule has 1 saturated heterocycles. The molecule has 0 saturated carbocycles. The second-order valence-electron chi connectivity index (χ2n) is 5.01. The Labute approximate surface area is 111 Å². The van der Waals surface area contributed by atoms with Crippen molar-refractivity contribution in [3.8, 4) is 0 Å². The number of nitrogens with one attached hydrogen (secondary N) is 1. The maximum Gasteiger partial charge on any atom is 0.0449 e. The molecule has 2 rings (SSSR count). The Bertz CT molecular complexity index is 361. The van der Waals surface area contributed by atoms with Crippen LogP contribution in [0.15, 0.2) is 43.0 Å². The van der Waals surface area contributed by atoms with Gasteiger partial charge >= 0.3 is 0 Å². The third-order valence-corrected chi connectivity index (χ3v) is 3.83. The highest BCUT2D eigenvalue weighted by Crippen LogP contribution is 2.21. The quantitative estimate of drug-likeness (QED) is 0.801. The van der Waals surface area contributed by atoms with E-state index >= 15 is 0 Å². The standard InChI is InChI=1S/C16H24N2/c1-3-5-11-18-13-16(17-12-15(18)4-2)14-9-7-6-8-10-14/h3,6-10,15-17H,1,4-5,11-13H2,2H3. The predicted octanol–water partition coefficient (Wildman–Crippen LogP) is 2.99. The van der Waals surface area contributed by atoms with E-state index in [2.05, 4.69) is 54.1 Å². The van der Waals surface area contributed by atoms with Gasteiger partial charge in [-0.2, -0.15) is 0 Å². The van der Waals surface area contributed by atoms with Gasteiger partial charge in [-0.1, -0.05) is 43.3 Å². The fraction of sp³-hybridized carbons (Fsp3) is 0.500. The second kappa shape index (κ2) is 6.72. The molecule has 1 aromatic carbocycles. The lowest BCUT2D eigenvalue weighted by atomic mass is 10.0. The van der Waals surface area contributed by atoms with Crippen molar-refractivity contribution in [1.29, 1.82) is 0 Å². The molecule has 1 aliphatic rings. The molecule has 0 radical (unpaired) electrons. The molecule has 2 heteroatoms. The number of nitrogens with zero attached hydrogens (tertiary/aromatic N) is 1. The van der Waals surface area contributed by atoms with Gasteiger partial charge in [0.2, 0.25) is 0 Å². The molecule has 0 bridgehead atoms. The Kier molecular flexibility index (Phi) is 4.97. The third-order valence-electron chi connectivity index (χ3n) is 3.83. The van der Waals surface area contributed by atoms with Crippen molar-refractivity contribution in [3.05, 3.63) is 48.6 Å². The summed E-state index contributed by atoms with van der Waals surface area (Å²) < 4.78 is 0. The Hall–Kier alpha value is -1.12. The van der Waals surface area contributed by atoms with E-state index in [0.29, 0.717) is 12.1 Å². The van der Waals surface area contributed by atoms with Gasteiger partial charge in [-0.3, -0.25) is 4.90 Å². The van der Waals surface area contributed by atoms with Gasteiger partial charge in [0.1, 0.15) is 0 Å². The van der Waals surface area contributed by atoms with Crippen molar-refractivity contribution in [2.24, 2.45) is 0 Å². The first kappa shape index (κ1) is 13.3. The highest BCUT2D eigenvalue weighted by Gasteiger charge is 2.26. The monoisotopic (exact) mass is 244 g/mol. The van der Waals surface area contributed by atoms with Crippen LogP contribution >= 0.6 is 0 Å². The Balaban J connectivity index is 2.02. The average Bonchev–Trinajstić information content (AvgIpc) is 2.45. The van der Waals surface area contributed by atoms with Crippen LogP contribution in [-0.2, 0) is 0 Å². The smallest absolute Gasteiger partial charge is 0.0449 e. The highest BCUT2D eigenvalue weighted by molar-refractivity contribution is 5.20. The van der Waals surface area contributed by atoms with Crippen molar-refractivity contribution in [2.45, 2.75) is 31.8 Å². The molecular weight excluding hydrogens is 220 g/mol. The van der Waals surface area contributed by atoms with Crippen molar-refractivity contribution in [3.63, 3.8) is 0 Å². The Morgan fingerprint density at radius 2 is 2.17 bits per heavy atom. The molecule has 18 heavy (non-hydrogen) atoms. The van der Waals surface area contributed by atoms with Gasteiger partial charge in [0.05, 0.1) is 0 Å². The first-order valence-electron chi connectivity index (χ1n) is 6.98. The van der Waals surface area contributed by atoms with Crippen LogP contribution in [0.25, 0.3) is 0 Å². The second-order valence-corrected chi connectivity index (χ2v) is 5.01. The van der Waals surface area contributed by atoms with E-state index in [4.69, 9.17) is 0 Å². The topological polar surface area (TPSA) is 15.3 Å². The zero-order valence-corrected chi connectivity index (χ0v) is 11.3. The lowest BCUT2D eigenvalue weighted by Gasteiger charge is -2.40. The Morgan fingerprint density at radius 3 is 2.83 bits per heavy atom. The van der Waals surface area contributed by atoms with E-state index in [0.717, 1.165) is 26.1 Å². The molecule has 1 aromatic rings.